The molecule has 0 bridgehead atoms. The number of pyridine rings is 1. The molecule has 5 heteroatoms. The lowest BCUT2D eigenvalue weighted by Crippen LogP contribution is -2.24. The summed E-state index contributed by atoms with van der Waals surface area (Å²) in [5.41, 5.74) is 1.42. The number of rotatable bonds is 4. The van der Waals surface area contributed by atoms with Crippen LogP contribution >= 0.6 is 0 Å². The van der Waals surface area contributed by atoms with E-state index in [2.05, 4.69) is 15.6 Å². The maximum absolute atomic E-state index is 12.1. The van der Waals surface area contributed by atoms with Crippen molar-refractivity contribution in [3.63, 3.8) is 0 Å². The molecule has 0 aliphatic carbocycles. The van der Waals surface area contributed by atoms with Gasteiger partial charge in [0.15, 0.2) is 0 Å². The molecule has 0 unspecified atom stereocenters. The Balaban J connectivity index is 2.21. The molecule has 102 valence electrons. The van der Waals surface area contributed by atoms with Gasteiger partial charge in [-0.25, -0.2) is 0 Å². The van der Waals surface area contributed by atoms with Crippen molar-refractivity contribution in [1.29, 1.82) is 0 Å². The van der Waals surface area contributed by atoms with Gasteiger partial charge in [0, 0.05) is 24.5 Å². The Bertz CT molecular complexity index is 612. The van der Waals surface area contributed by atoms with Gasteiger partial charge in [0.05, 0.1) is 11.3 Å². The predicted octanol–water partition coefficient (Wildman–Crippen LogP) is 2.08. The van der Waals surface area contributed by atoms with Crippen molar-refractivity contribution >= 4 is 17.5 Å². The molecule has 2 amide bonds. The molecule has 20 heavy (non-hydrogen) atoms. The summed E-state index contributed by atoms with van der Waals surface area (Å²) in [7, 11) is 0. The first-order valence-electron chi connectivity index (χ1n) is 6.31. The van der Waals surface area contributed by atoms with E-state index < -0.39 is 0 Å². The second kappa shape index (κ2) is 6.47. The molecule has 2 N–H and O–H groups in total. The number of nitrogens with zero attached hydrogens (tertiary/aromatic N) is 1. The minimum absolute atomic E-state index is 0.210. The summed E-state index contributed by atoms with van der Waals surface area (Å²) in [5.74, 6) is -0.484. The lowest BCUT2D eigenvalue weighted by molar-refractivity contribution is 0.0956. The molecule has 5 nitrogen and oxygen atoms in total. The predicted molar refractivity (Wildman–Crippen MR) is 76.6 cm³/mol. The first kappa shape index (κ1) is 13.7. The highest BCUT2D eigenvalue weighted by atomic mass is 16.2. The number of carbonyl (C=O) groups excluding carboxylic acids is 2. The van der Waals surface area contributed by atoms with Crippen molar-refractivity contribution in [2.75, 3.05) is 11.9 Å². The minimum atomic E-state index is -0.274. The number of benzene rings is 1. The first-order chi connectivity index (χ1) is 9.72. The Labute approximate surface area is 117 Å². The molecular formula is C15H15N3O2. The summed E-state index contributed by atoms with van der Waals surface area (Å²) in [6.07, 6.45) is 3.09. The molecule has 1 aromatic carbocycles. The van der Waals surface area contributed by atoms with Gasteiger partial charge in [-0.15, -0.1) is 0 Å². The molecule has 0 aliphatic rings. The zero-order valence-electron chi connectivity index (χ0n) is 11.1. The van der Waals surface area contributed by atoms with Gasteiger partial charge >= 0.3 is 0 Å². The smallest absolute Gasteiger partial charge is 0.255 e. The number of amides is 2. The van der Waals surface area contributed by atoms with Gasteiger partial charge in [-0.3, -0.25) is 14.6 Å². The molecule has 0 saturated carbocycles. The maximum Gasteiger partial charge on any atom is 0.255 e. The van der Waals surface area contributed by atoms with Crippen LogP contribution in [0.25, 0.3) is 0 Å². The standard InChI is InChI=1S/C15H15N3O2/c1-2-17-15(20)12-5-3-4-6-13(12)18-14(19)11-7-9-16-10-8-11/h3-10H,2H2,1H3,(H,17,20)(H,18,19). The third-order valence-electron chi connectivity index (χ3n) is 2.70. The van der Waals surface area contributed by atoms with Crippen LogP contribution in [0.5, 0.6) is 0 Å². The lowest BCUT2D eigenvalue weighted by Gasteiger charge is -2.10. The van der Waals surface area contributed by atoms with E-state index in [0.717, 1.165) is 0 Å². The van der Waals surface area contributed by atoms with Crippen LogP contribution in [0.1, 0.15) is 27.6 Å². The van der Waals surface area contributed by atoms with E-state index in [0.29, 0.717) is 23.4 Å². The van der Waals surface area contributed by atoms with Crippen molar-refractivity contribution in [2.24, 2.45) is 0 Å². The quantitative estimate of drug-likeness (QED) is 0.892. The van der Waals surface area contributed by atoms with Gasteiger partial charge in [0.2, 0.25) is 0 Å². The maximum atomic E-state index is 12.1. The first-order valence-corrected chi connectivity index (χ1v) is 6.31. The van der Waals surface area contributed by atoms with Crippen LogP contribution < -0.4 is 10.6 Å². The van der Waals surface area contributed by atoms with Crippen LogP contribution in [0.2, 0.25) is 0 Å². The monoisotopic (exact) mass is 269 g/mol. The molecule has 0 aliphatic heterocycles. The molecule has 0 radical (unpaired) electrons. The molecule has 1 heterocycles. The van der Waals surface area contributed by atoms with Gasteiger partial charge < -0.3 is 10.6 Å². The summed E-state index contributed by atoms with van der Waals surface area (Å²) in [6, 6.07) is 10.1. The van der Waals surface area contributed by atoms with Crippen LogP contribution in [0.15, 0.2) is 48.8 Å². The lowest BCUT2D eigenvalue weighted by atomic mass is 10.1. The van der Waals surface area contributed by atoms with Crippen LogP contribution in [-0.4, -0.2) is 23.3 Å². The second-order valence-electron chi connectivity index (χ2n) is 4.10. The van der Waals surface area contributed by atoms with Crippen molar-refractivity contribution in [2.45, 2.75) is 6.92 Å². The van der Waals surface area contributed by atoms with E-state index in [1.165, 1.54) is 0 Å². The van der Waals surface area contributed by atoms with E-state index >= 15 is 0 Å². The topological polar surface area (TPSA) is 71.1 Å². The van der Waals surface area contributed by atoms with E-state index in [9.17, 15) is 9.59 Å². The number of carbonyl (C=O) groups is 2. The average molecular weight is 269 g/mol. The fraction of sp³-hybridized carbons (Fsp3) is 0.133. The Kier molecular flexibility index (Phi) is 4.44. The summed E-state index contributed by atoms with van der Waals surface area (Å²) in [6.45, 7) is 2.38. The van der Waals surface area contributed by atoms with Crippen molar-refractivity contribution < 1.29 is 9.59 Å². The van der Waals surface area contributed by atoms with Crippen molar-refractivity contribution in [3.05, 3.63) is 59.9 Å². The summed E-state index contributed by atoms with van der Waals surface area (Å²) >= 11 is 0. The van der Waals surface area contributed by atoms with E-state index in [1.807, 2.05) is 6.92 Å². The van der Waals surface area contributed by atoms with Crippen LogP contribution in [0.4, 0.5) is 5.69 Å². The normalized spacial score (nSPS) is 9.85. The number of nitrogens with one attached hydrogen (secondary N) is 2. The highest BCUT2D eigenvalue weighted by Crippen LogP contribution is 2.16. The number of aromatic nitrogens is 1. The average Bonchev–Trinajstić information content (AvgIpc) is 2.49. The highest BCUT2D eigenvalue weighted by Gasteiger charge is 2.13. The largest absolute Gasteiger partial charge is 0.352 e. The van der Waals surface area contributed by atoms with E-state index in [1.54, 1.807) is 48.8 Å². The number of hydrogen-bond donors (Lipinski definition) is 2. The van der Waals surface area contributed by atoms with Gasteiger partial charge in [0.25, 0.3) is 11.8 Å². The SMILES string of the molecule is CCNC(=O)c1ccccc1NC(=O)c1ccncc1. The zero-order chi connectivity index (χ0) is 14.4. The number of hydrogen-bond acceptors (Lipinski definition) is 3. The fourth-order valence-electron chi connectivity index (χ4n) is 1.74. The molecular weight excluding hydrogens is 254 g/mol. The molecule has 2 aromatic rings. The van der Waals surface area contributed by atoms with Crippen molar-refractivity contribution in [1.82, 2.24) is 10.3 Å². The van der Waals surface area contributed by atoms with E-state index in [4.69, 9.17) is 0 Å². The van der Waals surface area contributed by atoms with E-state index in [-0.39, 0.29) is 11.8 Å². The molecule has 0 atom stereocenters. The third-order valence-corrected chi connectivity index (χ3v) is 2.70. The summed E-state index contributed by atoms with van der Waals surface area (Å²) < 4.78 is 0. The molecule has 1 aromatic heterocycles. The second-order valence-corrected chi connectivity index (χ2v) is 4.10. The summed E-state index contributed by atoms with van der Waals surface area (Å²) in [4.78, 5) is 27.8. The molecule has 0 fully saturated rings. The Hall–Kier alpha value is -2.69. The fourth-order valence-corrected chi connectivity index (χ4v) is 1.74. The van der Waals surface area contributed by atoms with Crippen molar-refractivity contribution in [3.8, 4) is 0 Å². The minimum Gasteiger partial charge on any atom is -0.352 e. The van der Waals surface area contributed by atoms with Crippen LogP contribution in [0, 0.1) is 0 Å². The highest BCUT2D eigenvalue weighted by molar-refractivity contribution is 6.08. The Morgan fingerprint density at radius 1 is 1.05 bits per heavy atom. The molecule has 2 rings (SSSR count). The number of anilines is 1. The molecule has 0 spiro atoms. The Morgan fingerprint density at radius 3 is 2.45 bits per heavy atom. The Morgan fingerprint density at radius 2 is 1.75 bits per heavy atom. The molecule has 0 saturated heterocycles. The third kappa shape index (κ3) is 3.20. The summed E-state index contributed by atoms with van der Waals surface area (Å²) in [5, 5.41) is 5.45. The van der Waals surface area contributed by atoms with Gasteiger partial charge in [-0.05, 0) is 31.2 Å². The van der Waals surface area contributed by atoms with Gasteiger partial charge in [0.1, 0.15) is 0 Å². The van der Waals surface area contributed by atoms with Gasteiger partial charge in [-0.2, -0.15) is 0 Å². The van der Waals surface area contributed by atoms with Crippen LogP contribution in [-0.2, 0) is 0 Å². The van der Waals surface area contributed by atoms with Crippen LogP contribution in [0.3, 0.4) is 0 Å². The van der Waals surface area contributed by atoms with Gasteiger partial charge in [-0.1, -0.05) is 12.1 Å². The zero-order valence-corrected chi connectivity index (χ0v) is 11.1. The number of para-hydroxylation sites is 1.